The molecule has 1 atom stereocenters. The van der Waals surface area contributed by atoms with Crippen molar-refractivity contribution in [2.75, 3.05) is 0 Å². The van der Waals surface area contributed by atoms with Crippen LogP contribution in [0.5, 0.6) is 0 Å². The maximum atomic E-state index is 3.75. The Hall–Kier alpha value is -2.60. The molecule has 1 unspecified atom stereocenters. The molecule has 0 N–H and O–H groups in total. The number of allylic oxidation sites excluding steroid dienone is 15. The van der Waals surface area contributed by atoms with Crippen molar-refractivity contribution in [1.82, 2.24) is 0 Å². The van der Waals surface area contributed by atoms with E-state index < -0.39 is 0 Å². The number of hydrogen-bond acceptors (Lipinski definition) is 0. The van der Waals surface area contributed by atoms with Crippen molar-refractivity contribution in [3.8, 4) is 0 Å². The van der Waals surface area contributed by atoms with Gasteiger partial charge in [0.15, 0.2) is 0 Å². The van der Waals surface area contributed by atoms with E-state index in [-0.39, 0.29) is 0 Å². The topological polar surface area (TPSA) is 0 Å². The van der Waals surface area contributed by atoms with Gasteiger partial charge in [0, 0.05) is 0 Å². The van der Waals surface area contributed by atoms with E-state index in [0.717, 1.165) is 25.2 Å². The van der Waals surface area contributed by atoms with Gasteiger partial charge in [-0.05, 0) is 86.0 Å². The van der Waals surface area contributed by atoms with Gasteiger partial charge >= 0.3 is 0 Å². The average Bonchev–Trinajstić information content (AvgIpc) is 2.86. The monoisotopic (exact) mass is 452 g/mol. The standard InChI is InChI=1S/C8H12.C7H12.C6H10.C5H8.C4H8.C3H6/c1-2-8-6-4-3-5-7-8;1-3-5-7-6-4-2;1-3-5-6-4-2;1-3-5-4-2;1-3-4-2;1-3-2/h2-4,8H,1,5-7H2;3-6H,7H2,1-2H3;3-4,6H,1,5H2,2H3;3-4H,1-2,5H2;3-4H,1-2H3;3H,1H2,2H3/b;5-3+,6-4+;6-4+;;4-3+;. The van der Waals surface area contributed by atoms with Gasteiger partial charge in [0.25, 0.3) is 0 Å². The second kappa shape index (κ2) is 51.8. The predicted molar refractivity (Wildman–Crippen MR) is 162 cm³/mol. The molecule has 0 saturated carbocycles. The predicted octanol–water partition coefficient (Wildman–Crippen LogP) is 11.7. The molecule has 1 aliphatic carbocycles. The van der Waals surface area contributed by atoms with Crippen molar-refractivity contribution in [2.24, 2.45) is 5.92 Å². The van der Waals surface area contributed by atoms with E-state index in [1.807, 2.05) is 78.0 Å². The molecule has 0 aromatic rings. The van der Waals surface area contributed by atoms with Crippen LogP contribution in [-0.4, -0.2) is 0 Å². The van der Waals surface area contributed by atoms with Crippen LogP contribution in [0.25, 0.3) is 0 Å². The highest BCUT2D eigenvalue weighted by Gasteiger charge is 2.02. The largest absolute Gasteiger partial charge is 0.103 e. The van der Waals surface area contributed by atoms with Gasteiger partial charge in [0.05, 0.1) is 0 Å². The van der Waals surface area contributed by atoms with Crippen molar-refractivity contribution in [3.63, 3.8) is 0 Å². The van der Waals surface area contributed by atoms with Gasteiger partial charge in [-0.2, -0.15) is 0 Å². The molecule has 0 aromatic heterocycles. The molecule has 0 fully saturated rings. The molecule has 33 heavy (non-hydrogen) atoms. The highest BCUT2D eigenvalue weighted by atomic mass is 14.1. The lowest BCUT2D eigenvalue weighted by molar-refractivity contribution is 0.585. The summed E-state index contributed by atoms with van der Waals surface area (Å²) in [5.74, 6) is 0.764. The van der Waals surface area contributed by atoms with Crippen LogP contribution in [-0.2, 0) is 0 Å². The first kappa shape index (κ1) is 40.7. The average molecular weight is 453 g/mol. The molecule has 0 aromatic carbocycles. The van der Waals surface area contributed by atoms with Gasteiger partial charge in [0.2, 0.25) is 0 Å². The van der Waals surface area contributed by atoms with Crippen LogP contribution in [0.3, 0.4) is 0 Å². The van der Waals surface area contributed by atoms with Crippen molar-refractivity contribution in [3.05, 3.63) is 124 Å². The van der Waals surface area contributed by atoms with E-state index in [0.29, 0.717) is 0 Å². The van der Waals surface area contributed by atoms with E-state index >= 15 is 0 Å². The van der Waals surface area contributed by atoms with Crippen molar-refractivity contribution < 1.29 is 0 Å². The van der Waals surface area contributed by atoms with Crippen LogP contribution in [0.1, 0.15) is 80.1 Å². The Bertz CT molecular complexity index is 500. The summed E-state index contributed by atoms with van der Waals surface area (Å²) >= 11 is 0. The molecular weight excluding hydrogens is 396 g/mol. The van der Waals surface area contributed by atoms with Gasteiger partial charge in [0.1, 0.15) is 0 Å². The Labute approximate surface area is 210 Å². The minimum Gasteiger partial charge on any atom is -0.103 e. The van der Waals surface area contributed by atoms with E-state index in [1.165, 1.54) is 19.3 Å². The van der Waals surface area contributed by atoms with E-state index in [2.05, 4.69) is 81.5 Å². The Morgan fingerprint density at radius 3 is 1.21 bits per heavy atom. The summed E-state index contributed by atoms with van der Waals surface area (Å²) < 4.78 is 0. The molecule has 0 heterocycles. The first-order chi connectivity index (χ1) is 16.0. The lowest BCUT2D eigenvalue weighted by Crippen LogP contribution is -1.96. The van der Waals surface area contributed by atoms with E-state index in [4.69, 9.17) is 0 Å². The van der Waals surface area contributed by atoms with Crippen molar-refractivity contribution >= 4 is 0 Å². The highest BCUT2D eigenvalue weighted by molar-refractivity contribution is 4.95. The van der Waals surface area contributed by atoms with Crippen LogP contribution in [0.4, 0.5) is 0 Å². The summed E-state index contributed by atoms with van der Waals surface area (Å²) in [5, 5.41) is 0. The molecule has 188 valence electrons. The zero-order chi connectivity index (χ0) is 26.4. The van der Waals surface area contributed by atoms with Gasteiger partial charge < -0.3 is 0 Å². The Kier molecular flexibility index (Phi) is 63.9. The minimum atomic E-state index is 0.764. The van der Waals surface area contributed by atoms with Crippen LogP contribution < -0.4 is 0 Å². The van der Waals surface area contributed by atoms with Crippen LogP contribution >= 0.6 is 0 Å². The summed E-state index contributed by atoms with van der Waals surface area (Å²) in [4.78, 5) is 0. The van der Waals surface area contributed by atoms with Gasteiger partial charge in [-0.25, -0.2) is 0 Å². The molecule has 0 amide bonds. The van der Waals surface area contributed by atoms with Gasteiger partial charge in [-0.1, -0.05) is 91.1 Å². The van der Waals surface area contributed by atoms with Crippen LogP contribution in [0, 0.1) is 5.92 Å². The third kappa shape index (κ3) is 72.9. The maximum absolute atomic E-state index is 3.75. The molecule has 0 aliphatic heterocycles. The third-order valence-corrected chi connectivity index (χ3v) is 3.59. The summed E-state index contributed by atoms with van der Waals surface area (Å²) in [7, 11) is 0. The van der Waals surface area contributed by atoms with Crippen molar-refractivity contribution in [1.29, 1.82) is 0 Å². The molecule has 1 rings (SSSR count). The fraction of sp³-hybridized carbons (Fsp3) is 0.394. The molecule has 0 bridgehead atoms. The minimum absolute atomic E-state index is 0.764. The summed E-state index contributed by atoms with van der Waals surface area (Å²) in [6.07, 6.45) is 37.0. The summed E-state index contributed by atoms with van der Waals surface area (Å²) in [6, 6.07) is 0. The number of rotatable bonds is 7. The molecule has 1 aliphatic rings. The molecule has 0 saturated heterocycles. The fourth-order valence-corrected chi connectivity index (χ4v) is 1.73. The smallest absolute Gasteiger partial charge is 0.0169 e. The molecule has 0 nitrogen and oxygen atoms in total. The van der Waals surface area contributed by atoms with E-state index in [1.54, 1.807) is 6.08 Å². The third-order valence-electron chi connectivity index (χ3n) is 3.59. The normalized spacial score (nSPS) is 13.5. The molecule has 0 radical (unpaired) electrons. The first-order valence-electron chi connectivity index (χ1n) is 12.1. The Morgan fingerprint density at radius 1 is 0.606 bits per heavy atom. The SMILES string of the molecule is C/C=C/C.C/C=C/C/C=C/C.C=CC.C=CC/C=C/C.C=CC1CC=CCC1.C=CCC=C. The van der Waals surface area contributed by atoms with Crippen LogP contribution in [0.2, 0.25) is 0 Å². The van der Waals surface area contributed by atoms with E-state index in [9.17, 15) is 0 Å². The summed E-state index contributed by atoms with van der Waals surface area (Å²) in [6.45, 7) is 29.6. The molecule has 0 spiro atoms. The zero-order valence-electron chi connectivity index (χ0n) is 23.0. The Morgan fingerprint density at radius 2 is 1.03 bits per heavy atom. The van der Waals surface area contributed by atoms with Crippen LogP contribution in [0.15, 0.2) is 124 Å². The molecular formula is C33H56. The zero-order valence-corrected chi connectivity index (χ0v) is 23.0. The fourth-order valence-electron chi connectivity index (χ4n) is 1.73. The highest BCUT2D eigenvalue weighted by Crippen LogP contribution is 2.17. The summed E-state index contributed by atoms with van der Waals surface area (Å²) in [5.41, 5.74) is 0. The van der Waals surface area contributed by atoms with Gasteiger partial charge in [-0.3, -0.25) is 0 Å². The molecule has 0 heteroatoms. The quantitative estimate of drug-likeness (QED) is 0.337. The lowest BCUT2D eigenvalue weighted by Gasteiger charge is -2.11. The van der Waals surface area contributed by atoms with Crippen molar-refractivity contribution in [2.45, 2.75) is 80.1 Å². The second-order valence-corrected chi connectivity index (χ2v) is 6.64. The lowest BCUT2D eigenvalue weighted by atomic mass is 9.95. The maximum Gasteiger partial charge on any atom is -0.0169 e. The Balaban J connectivity index is -0.0000000979. The van der Waals surface area contributed by atoms with Gasteiger partial charge in [-0.15, -0.1) is 32.9 Å². The first-order valence-corrected chi connectivity index (χ1v) is 12.1. The second-order valence-electron chi connectivity index (χ2n) is 6.64. The number of hydrogen-bond donors (Lipinski definition) is 0.